The van der Waals surface area contributed by atoms with E-state index in [-0.39, 0.29) is 12.5 Å². The van der Waals surface area contributed by atoms with Crippen molar-refractivity contribution in [3.63, 3.8) is 0 Å². The highest BCUT2D eigenvalue weighted by Gasteiger charge is 2.26. The number of fused-ring (bicyclic) bond motifs is 1. The van der Waals surface area contributed by atoms with Gasteiger partial charge in [-0.05, 0) is 43.5 Å². The lowest BCUT2D eigenvalue weighted by molar-refractivity contribution is -0.130. The van der Waals surface area contributed by atoms with Crippen LogP contribution in [-0.2, 0) is 11.2 Å². The molecule has 0 spiro atoms. The molecule has 2 aromatic carbocycles. The van der Waals surface area contributed by atoms with E-state index in [9.17, 15) is 4.79 Å². The second-order valence-corrected chi connectivity index (χ2v) is 5.84. The van der Waals surface area contributed by atoms with Crippen molar-refractivity contribution in [2.24, 2.45) is 0 Å². The van der Waals surface area contributed by atoms with Crippen molar-refractivity contribution >= 4 is 5.91 Å². The Morgan fingerprint density at radius 1 is 1.17 bits per heavy atom. The van der Waals surface area contributed by atoms with Gasteiger partial charge in [0.25, 0.3) is 5.91 Å². The van der Waals surface area contributed by atoms with Crippen LogP contribution in [0.3, 0.4) is 0 Å². The van der Waals surface area contributed by atoms with E-state index in [1.54, 1.807) is 0 Å². The van der Waals surface area contributed by atoms with Crippen LogP contribution in [0.5, 0.6) is 11.5 Å². The second-order valence-electron chi connectivity index (χ2n) is 5.84. The van der Waals surface area contributed by atoms with Gasteiger partial charge in [0.15, 0.2) is 11.5 Å². The third-order valence-corrected chi connectivity index (χ3v) is 3.99. The van der Waals surface area contributed by atoms with Gasteiger partial charge in [0.1, 0.15) is 6.61 Å². The molecule has 0 saturated heterocycles. The van der Waals surface area contributed by atoms with Crippen molar-refractivity contribution in [3.05, 3.63) is 59.2 Å². The molecule has 1 atom stereocenters. The molecule has 1 aliphatic rings. The molecule has 0 fully saturated rings. The summed E-state index contributed by atoms with van der Waals surface area (Å²) in [7, 11) is 0. The number of rotatable bonds is 4. The highest BCUT2D eigenvalue weighted by Crippen LogP contribution is 2.30. The van der Waals surface area contributed by atoms with E-state index in [4.69, 9.17) is 9.47 Å². The third-order valence-electron chi connectivity index (χ3n) is 3.99. The van der Waals surface area contributed by atoms with Crippen molar-refractivity contribution < 1.29 is 14.3 Å². The number of hydrogen-bond acceptors (Lipinski definition) is 3. The average molecular weight is 311 g/mol. The molecule has 23 heavy (non-hydrogen) atoms. The topological polar surface area (TPSA) is 47.6 Å². The van der Waals surface area contributed by atoms with E-state index in [0.717, 1.165) is 6.42 Å². The molecular formula is C19H21NO3. The molecule has 0 aromatic heterocycles. The lowest BCUT2D eigenvalue weighted by atomic mass is 10.0. The second kappa shape index (κ2) is 6.73. The van der Waals surface area contributed by atoms with Crippen LogP contribution in [0.4, 0.5) is 0 Å². The first-order valence-electron chi connectivity index (χ1n) is 7.86. The molecule has 0 radical (unpaired) electrons. The lowest BCUT2D eigenvalue weighted by Gasteiger charge is -2.25. The Morgan fingerprint density at radius 3 is 2.74 bits per heavy atom. The quantitative estimate of drug-likeness (QED) is 0.944. The number of carbonyl (C=O) groups excluding carboxylic acids is 1. The van der Waals surface area contributed by atoms with Gasteiger partial charge in [0, 0.05) is 6.54 Å². The molecular weight excluding hydrogens is 290 g/mol. The number of aryl methyl sites for hydroxylation is 2. The molecule has 0 aliphatic carbocycles. The maximum atomic E-state index is 12.2. The molecule has 4 nitrogen and oxygen atoms in total. The van der Waals surface area contributed by atoms with Crippen molar-refractivity contribution in [1.82, 2.24) is 5.32 Å². The lowest BCUT2D eigenvalue weighted by Crippen LogP contribution is -2.44. The molecule has 0 bridgehead atoms. The fourth-order valence-corrected chi connectivity index (χ4v) is 2.71. The van der Waals surface area contributed by atoms with Gasteiger partial charge in [0.05, 0.1) is 0 Å². The number of hydrogen-bond donors (Lipinski definition) is 1. The number of para-hydroxylation sites is 2. The van der Waals surface area contributed by atoms with Crippen molar-refractivity contribution in [1.29, 1.82) is 0 Å². The summed E-state index contributed by atoms with van der Waals surface area (Å²) in [6.07, 6.45) is 0.214. The van der Waals surface area contributed by atoms with Gasteiger partial charge in [-0.25, -0.2) is 0 Å². The number of nitrogens with one attached hydrogen (secondary N) is 1. The molecule has 3 rings (SSSR count). The first-order chi connectivity index (χ1) is 11.1. The zero-order valence-electron chi connectivity index (χ0n) is 13.5. The molecule has 1 N–H and O–H groups in total. The van der Waals surface area contributed by atoms with Crippen LogP contribution >= 0.6 is 0 Å². The van der Waals surface area contributed by atoms with Crippen LogP contribution in [0.2, 0.25) is 0 Å². The first kappa shape index (κ1) is 15.4. The van der Waals surface area contributed by atoms with E-state index >= 15 is 0 Å². The van der Waals surface area contributed by atoms with Crippen molar-refractivity contribution in [2.75, 3.05) is 13.2 Å². The van der Waals surface area contributed by atoms with Crippen LogP contribution in [0.15, 0.2) is 42.5 Å². The number of ether oxygens (including phenoxy) is 2. The molecule has 2 aromatic rings. The van der Waals surface area contributed by atoms with Gasteiger partial charge in [-0.2, -0.15) is 0 Å². The van der Waals surface area contributed by atoms with Crippen LogP contribution in [0.25, 0.3) is 0 Å². The summed E-state index contributed by atoms with van der Waals surface area (Å²) < 4.78 is 11.3. The molecule has 1 unspecified atom stereocenters. The third kappa shape index (κ3) is 3.65. The summed E-state index contributed by atoms with van der Waals surface area (Å²) >= 11 is 0. The first-order valence-corrected chi connectivity index (χ1v) is 7.86. The summed E-state index contributed by atoms with van der Waals surface area (Å²) in [6.45, 7) is 5.01. The van der Waals surface area contributed by atoms with Crippen LogP contribution in [0, 0.1) is 13.8 Å². The van der Waals surface area contributed by atoms with Crippen LogP contribution in [-0.4, -0.2) is 25.2 Å². The van der Waals surface area contributed by atoms with Gasteiger partial charge in [0.2, 0.25) is 6.10 Å². The minimum atomic E-state index is -0.594. The van der Waals surface area contributed by atoms with Gasteiger partial charge in [-0.15, -0.1) is 0 Å². The minimum Gasteiger partial charge on any atom is -0.485 e. The highest BCUT2D eigenvalue weighted by atomic mass is 16.6. The summed E-state index contributed by atoms with van der Waals surface area (Å²) in [4.78, 5) is 12.2. The van der Waals surface area contributed by atoms with Crippen molar-refractivity contribution in [2.45, 2.75) is 26.4 Å². The highest BCUT2D eigenvalue weighted by molar-refractivity contribution is 5.81. The fraction of sp³-hybridized carbons (Fsp3) is 0.316. The Hall–Kier alpha value is -2.49. The SMILES string of the molecule is Cc1ccc(CCNC(=O)C2COc3ccccc3O2)c(C)c1. The Bertz CT molecular complexity index is 712. The zero-order chi connectivity index (χ0) is 16.2. The Kier molecular flexibility index (Phi) is 4.51. The molecule has 120 valence electrons. The molecule has 4 heteroatoms. The van der Waals surface area contributed by atoms with Gasteiger partial charge < -0.3 is 14.8 Å². The monoisotopic (exact) mass is 311 g/mol. The van der Waals surface area contributed by atoms with Gasteiger partial charge in [-0.3, -0.25) is 4.79 Å². The standard InChI is InChI=1S/C19H21NO3/c1-13-7-8-15(14(2)11-13)9-10-20-19(21)18-12-22-16-5-3-4-6-17(16)23-18/h3-8,11,18H,9-10,12H2,1-2H3,(H,20,21). The summed E-state index contributed by atoms with van der Waals surface area (Å²) in [6, 6.07) is 13.8. The van der Waals surface area contributed by atoms with Gasteiger partial charge in [-0.1, -0.05) is 35.9 Å². The normalized spacial score (nSPS) is 16.0. The van der Waals surface area contributed by atoms with E-state index in [1.807, 2.05) is 24.3 Å². The van der Waals surface area contributed by atoms with E-state index in [2.05, 4.69) is 37.4 Å². The Morgan fingerprint density at radius 2 is 1.96 bits per heavy atom. The number of amides is 1. The zero-order valence-corrected chi connectivity index (χ0v) is 13.5. The predicted octanol–water partition coefficient (Wildman–Crippen LogP) is 2.80. The molecule has 1 heterocycles. The maximum absolute atomic E-state index is 12.2. The number of carbonyl (C=O) groups is 1. The minimum absolute atomic E-state index is 0.135. The Labute approximate surface area is 136 Å². The summed E-state index contributed by atoms with van der Waals surface area (Å²) in [5.41, 5.74) is 3.76. The molecule has 1 aliphatic heterocycles. The fourth-order valence-electron chi connectivity index (χ4n) is 2.71. The maximum Gasteiger partial charge on any atom is 0.264 e. The summed E-state index contributed by atoms with van der Waals surface area (Å²) in [5.74, 6) is 1.17. The van der Waals surface area contributed by atoms with Crippen molar-refractivity contribution in [3.8, 4) is 11.5 Å². The van der Waals surface area contributed by atoms with Crippen LogP contribution in [0.1, 0.15) is 16.7 Å². The predicted molar refractivity (Wildman–Crippen MR) is 89.0 cm³/mol. The van der Waals surface area contributed by atoms with Crippen LogP contribution < -0.4 is 14.8 Å². The van der Waals surface area contributed by atoms with E-state index in [1.165, 1.54) is 16.7 Å². The average Bonchev–Trinajstić information content (AvgIpc) is 2.56. The smallest absolute Gasteiger partial charge is 0.264 e. The van der Waals surface area contributed by atoms with Gasteiger partial charge >= 0.3 is 0 Å². The van der Waals surface area contributed by atoms with E-state index < -0.39 is 6.10 Å². The Balaban J connectivity index is 1.52. The molecule has 0 saturated carbocycles. The van der Waals surface area contributed by atoms with E-state index in [0.29, 0.717) is 18.0 Å². The molecule has 1 amide bonds. The summed E-state index contributed by atoms with van der Waals surface area (Å²) in [5, 5.41) is 2.93. The largest absolute Gasteiger partial charge is 0.485 e. The number of benzene rings is 2.